The molecule has 1 atom stereocenters. The smallest absolute Gasteiger partial charge is 0.350 e. The fraction of sp³-hybridized carbons (Fsp3) is 0.367. The average molecular weight is 564 g/mol. The van der Waals surface area contributed by atoms with Gasteiger partial charge in [0.15, 0.2) is 0 Å². The fourth-order valence-electron chi connectivity index (χ4n) is 5.00. The standard InChI is InChI=1S/C30H31F6N3O/c31-29(32,33)25-17-21(18-26(19-25)30(34,35)36)20-38-28(40)27(24-9-5-2-6-10-24)37-13-16-39-14-11-23(12-15-39)22-7-3-1-4-8-22/h1-10,17-19,23,27,37H,11-16,20H2,(H,38,40)/t27-/m0/s1. The molecule has 2 N–H and O–H groups in total. The molecule has 1 saturated heterocycles. The van der Waals surface area contributed by atoms with Crippen molar-refractivity contribution >= 4 is 5.91 Å². The summed E-state index contributed by atoms with van der Waals surface area (Å²) in [5.74, 6) is -0.0260. The molecule has 40 heavy (non-hydrogen) atoms. The summed E-state index contributed by atoms with van der Waals surface area (Å²) in [5, 5.41) is 5.74. The number of nitrogens with one attached hydrogen (secondary N) is 2. The van der Waals surface area contributed by atoms with Gasteiger partial charge < -0.3 is 15.5 Å². The molecule has 1 fully saturated rings. The number of likely N-dealkylation sites (tertiary alicyclic amines) is 1. The zero-order valence-electron chi connectivity index (χ0n) is 21.7. The van der Waals surface area contributed by atoms with E-state index in [1.165, 1.54) is 5.56 Å². The minimum atomic E-state index is -4.95. The molecule has 1 aliphatic rings. The van der Waals surface area contributed by atoms with Gasteiger partial charge in [-0.05, 0) is 66.7 Å². The summed E-state index contributed by atoms with van der Waals surface area (Å²) in [6, 6.07) is 19.7. The molecule has 3 aromatic rings. The molecule has 0 aliphatic carbocycles. The van der Waals surface area contributed by atoms with Crippen LogP contribution in [0.25, 0.3) is 0 Å². The van der Waals surface area contributed by atoms with E-state index in [0.29, 0.717) is 36.7 Å². The van der Waals surface area contributed by atoms with Crippen LogP contribution in [0.2, 0.25) is 0 Å². The van der Waals surface area contributed by atoms with E-state index in [1.54, 1.807) is 30.3 Å². The lowest BCUT2D eigenvalue weighted by molar-refractivity contribution is -0.143. The Labute approximate surface area is 229 Å². The van der Waals surface area contributed by atoms with Gasteiger partial charge in [0.1, 0.15) is 6.04 Å². The molecule has 0 radical (unpaired) electrons. The number of piperidine rings is 1. The molecular formula is C30H31F6N3O. The number of carbonyl (C=O) groups is 1. The summed E-state index contributed by atoms with van der Waals surface area (Å²) in [5.41, 5.74) is -1.14. The van der Waals surface area contributed by atoms with Crippen molar-refractivity contribution in [1.82, 2.24) is 15.5 Å². The third kappa shape index (κ3) is 8.08. The first-order valence-corrected chi connectivity index (χ1v) is 13.1. The largest absolute Gasteiger partial charge is 0.416 e. The van der Waals surface area contributed by atoms with Crippen molar-refractivity contribution in [1.29, 1.82) is 0 Å². The molecule has 4 rings (SSSR count). The number of nitrogens with zero attached hydrogens (tertiary/aromatic N) is 1. The van der Waals surface area contributed by atoms with E-state index in [4.69, 9.17) is 0 Å². The topological polar surface area (TPSA) is 44.4 Å². The summed E-state index contributed by atoms with van der Waals surface area (Å²) in [4.78, 5) is 15.4. The minimum absolute atomic E-state index is 0.0717. The third-order valence-corrected chi connectivity index (χ3v) is 7.14. The van der Waals surface area contributed by atoms with Crippen molar-refractivity contribution in [2.75, 3.05) is 26.2 Å². The third-order valence-electron chi connectivity index (χ3n) is 7.14. The van der Waals surface area contributed by atoms with Crippen LogP contribution in [0, 0.1) is 0 Å². The maximum atomic E-state index is 13.2. The number of benzene rings is 3. The molecule has 1 heterocycles. The lowest BCUT2D eigenvalue weighted by Gasteiger charge is -2.32. The van der Waals surface area contributed by atoms with Gasteiger partial charge in [0.05, 0.1) is 11.1 Å². The molecule has 10 heteroatoms. The zero-order chi connectivity index (χ0) is 28.8. The Hall–Kier alpha value is -3.37. The number of amides is 1. The predicted octanol–water partition coefficient (Wildman–Crippen LogP) is 6.55. The predicted molar refractivity (Wildman–Crippen MR) is 140 cm³/mol. The van der Waals surface area contributed by atoms with E-state index in [2.05, 4.69) is 27.7 Å². The maximum Gasteiger partial charge on any atom is 0.416 e. The number of alkyl halides is 6. The van der Waals surface area contributed by atoms with Crippen LogP contribution >= 0.6 is 0 Å². The van der Waals surface area contributed by atoms with Crippen molar-refractivity contribution in [2.24, 2.45) is 0 Å². The van der Waals surface area contributed by atoms with Gasteiger partial charge >= 0.3 is 12.4 Å². The Morgan fingerprint density at radius 1 is 0.825 bits per heavy atom. The maximum absolute atomic E-state index is 13.2. The minimum Gasteiger partial charge on any atom is -0.350 e. The highest BCUT2D eigenvalue weighted by molar-refractivity contribution is 5.83. The summed E-state index contributed by atoms with van der Waals surface area (Å²) in [6.45, 7) is 2.52. The number of rotatable bonds is 9. The normalized spacial score (nSPS) is 16.1. The molecule has 0 bridgehead atoms. The number of carbonyl (C=O) groups excluding carboxylic acids is 1. The van der Waals surface area contributed by atoms with Gasteiger partial charge in [-0.25, -0.2) is 0 Å². The van der Waals surface area contributed by atoms with Crippen LogP contribution in [-0.4, -0.2) is 37.0 Å². The Morgan fingerprint density at radius 2 is 1.38 bits per heavy atom. The van der Waals surface area contributed by atoms with Gasteiger partial charge in [0.25, 0.3) is 0 Å². The van der Waals surface area contributed by atoms with Crippen LogP contribution in [0.15, 0.2) is 78.9 Å². The summed E-state index contributed by atoms with van der Waals surface area (Å²) < 4.78 is 79.3. The number of hydrogen-bond donors (Lipinski definition) is 2. The zero-order valence-corrected chi connectivity index (χ0v) is 21.7. The van der Waals surface area contributed by atoms with Crippen molar-refractivity contribution in [3.63, 3.8) is 0 Å². The van der Waals surface area contributed by atoms with E-state index in [-0.39, 0.29) is 11.6 Å². The van der Waals surface area contributed by atoms with Crippen molar-refractivity contribution in [3.8, 4) is 0 Å². The molecule has 3 aromatic carbocycles. The first-order valence-electron chi connectivity index (χ1n) is 13.1. The highest BCUT2D eigenvalue weighted by atomic mass is 19.4. The Bertz CT molecular complexity index is 1210. The molecule has 4 nitrogen and oxygen atoms in total. The summed E-state index contributed by atoms with van der Waals surface area (Å²) >= 11 is 0. The highest BCUT2D eigenvalue weighted by Crippen LogP contribution is 2.36. The van der Waals surface area contributed by atoms with Crippen molar-refractivity contribution < 1.29 is 31.1 Å². The Morgan fingerprint density at radius 3 is 1.93 bits per heavy atom. The highest BCUT2D eigenvalue weighted by Gasteiger charge is 2.37. The number of halogens is 6. The molecule has 1 amide bonds. The monoisotopic (exact) mass is 563 g/mol. The lowest BCUT2D eigenvalue weighted by atomic mass is 9.89. The molecular weight excluding hydrogens is 532 g/mol. The van der Waals surface area contributed by atoms with Gasteiger partial charge in [-0.3, -0.25) is 4.79 Å². The van der Waals surface area contributed by atoms with Crippen molar-refractivity contribution in [2.45, 2.75) is 43.7 Å². The molecule has 0 unspecified atom stereocenters. The average Bonchev–Trinajstić information content (AvgIpc) is 2.94. The lowest BCUT2D eigenvalue weighted by Crippen LogP contribution is -2.42. The fourth-order valence-corrected chi connectivity index (χ4v) is 5.00. The number of hydrogen-bond acceptors (Lipinski definition) is 3. The van der Waals surface area contributed by atoms with E-state index in [1.807, 2.05) is 18.2 Å². The molecule has 1 aliphatic heterocycles. The van der Waals surface area contributed by atoms with Crippen molar-refractivity contribution in [3.05, 3.63) is 107 Å². The second-order valence-corrected chi connectivity index (χ2v) is 9.96. The van der Waals surface area contributed by atoms with E-state index in [9.17, 15) is 31.1 Å². The molecule has 0 saturated carbocycles. The quantitative estimate of drug-likeness (QED) is 0.290. The van der Waals surface area contributed by atoms with Gasteiger partial charge in [-0.1, -0.05) is 60.7 Å². The first-order chi connectivity index (χ1) is 19.0. The van der Waals surface area contributed by atoms with Crippen LogP contribution in [0.3, 0.4) is 0 Å². The first kappa shape index (κ1) is 29.6. The molecule has 214 valence electrons. The SMILES string of the molecule is O=C(NCc1cc(C(F)(F)F)cc(C(F)(F)F)c1)[C@@H](NCCN1CCC(c2ccccc2)CC1)c1ccccc1. The van der Waals surface area contributed by atoms with Crippen LogP contribution in [0.1, 0.15) is 52.6 Å². The van der Waals surface area contributed by atoms with Crippen LogP contribution in [0.5, 0.6) is 0 Å². The van der Waals surface area contributed by atoms with Gasteiger partial charge in [0, 0.05) is 19.6 Å². The second-order valence-electron chi connectivity index (χ2n) is 9.96. The molecule has 0 spiro atoms. The Balaban J connectivity index is 1.37. The van der Waals surface area contributed by atoms with Gasteiger partial charge in [-0.2, -0.15) is 26.3 Å². The van der Waals surface area contributed by atoms with E-state index >= 15 is 0 Å². The Kier molecular flexibility index (Phi) is 9.52. The summed E-state index contributed by atoms with van der Waals surface area (Å²) in [6.07, 6.45) is -7.85. The summed E-state index contributed by atoms with van der Waals surface area (Å²) in [7, 11) is 0. The second kappa shape index (κ2) is 12.9. The van der Waals surface area contributed by atoms with Crippen LogP contribution in [-0.2, 0) is 23.7 Å². The van der Waals surface area contributed by atoms with E-state index in [0.717, 1.165) is 25.9 Å². The van der Waals surface area contributed by atoms with Crippen LogP contribution < -0.4 is 10.6 Å². The van der Waals surface area contributed by atoms with E-state index < -0.39 is 42.0 Å². The van der Waals surface area contributed by atoms with Gasteiger partial charge in [-0.15, -0.1) is 0 Å². The van der Waals surface area contributed by atoms with Crippen LogP contribution in [0.4, 0.5) is 26.3 Å². The molecule has 0 aromatic heterocycles. The van der Waals surface area contributed by atoms with Gasteiger partial charge in [0.2, 0.25) is 5.91 Å².